The van der Waals surface area contributed by atoms with Gasteiger partial charge in [0.15, 0.2) is 11.3 Å². The summed E-state index contributed by atoms with van der Waals surface area (Å²) < 4.78 is 39.1. The van der Waals surface area contributed by atoms with Crippen LogP contribution in [0.3, 0.4) is 0 Å². The van der Waals surface area contributed by atoms with Gasteiger partial charge in [-0.1, -0.05) is 0 Å². The van der Waals surface area contributed by atoms with E-state index in [1.807, 2.05) is 20.8 Å². The molecule has 1 N–H and O–H groups in total. The first-order valence-corrected chi connectivity index (χ1v) is 8.19. The summed E-state index contributed by atoms with van der Waals surface area (Å²) in [6.45, 7) is 8.99. The van der Waals surface area contributed by atoms with Crippen molar-refractivity contribution in [3.63, 3.8) is 0 Å². The molecule has 0 amide bonds. The maximum atomic E-state index is 12.1. The van der Waals surface area contributed by atoms with Crippen molar-refractivity contribution in [2.24, 2.45) is 0 Å². The van der Waals surface area contributed by atoms with Crippen molar-refractivity contribution in [1.29, 1.82) is 0 Å². The molecular weight excluding hydrogens is 282 g/mol. The molecule has 116 valence electrons. The number of sulfonamides is 1. The Morgan fingerprint density at radius 1 is 1.30 bits per heavy atom. The van der Waals surface area contributed by atoms with Crippen LogP contribution in [-0.4, -0.2) is 44.0 Å². The van der Waals surface area contributed by atoms with Crippen LogP contribution in [0.4, 0.5) is 0 Å². The molecule has 0 atom stereocenters. The maximum Gasteiger partial charge on any atom is 0.259 e. The fourth-order valence-corrected chi connectivity index (χ4v) is 2.74. The molecule has 0 bridgehead atoms. The second-order valence-electron chi connectivity index (χ2n) is 4.10. The summed E-state index contributed by atoms with van der Waals surface area (Å²) in [5.74, 6) is 0.666. The van der Waals surface area contributed by atoms with Crippen LogP contribution in [0.1, 0.15) is 26.6 Å². The fourth-order valence-electron chi connectivity index (χ4n) is 1.72. The SMILES string of the molecule is CCOC(CNS(=O)(=O)c1cn(CC)c(C)n1)OCC. The van der Waals surface area contributed by atoms with Gasteiger partial charge in [0.25, 0.3) is 10.0 Å². The first kappa shape index (κ1) is 17.1. The Balaban J connectivity index is 2.73. The summed E-state index contributed by atoms with van der Waals surface area (Å²) in [6, 6.07) is 0. The number of nitrogens with one attached hydrogen (secondary N) is 1. The van der Waals surface area contributed by atoms with Crippen molar-refractivity contribution < 1.29 is 17.9 Å². The molecule has 1 aromatic heterocycles. The van der Waals surface area contributed by atoms with Crippen molar-refractivity contribution in [1.82, 2.24) is 14.3 Å². The zero-order chi connectivity index (χ0) is 15.2. The first-order valence-electron chi connectivity index (χ1n) is 6.71. The van der Waals surface area contributed by atoms with Crippen molar-refractivity contribution in [2.75, 3.05) is 19.8 Å². The van der Waals surface area contributed by atoms with Gasteiger partial charge in [-0.15, -0.1) is 0 Å². The molecule has 0 unspecified atom stereocenters. The molecule has 0 aromatic carbocycles. The van der Waals surface area contributed by atoms with Crippen molar-refractivity contribution in [3.05, 3.63) is 12.0 Å². The zero-order valence-corrected chi connectivity index (χ0v) is 13.2. The Hall–Kier alpha value is -0.960. The predicted octanol–water partition coefficient (Wildman–Crippen LogP) is 0.889. The standard InChI is InChI=1S/C12H23N3O4S/c1-5-15-9-11(14-10(15)4)20(16,17)13-8-12(18-6-2)19-7-3/h9,12-13H,5-8H2,1-4H3. The molecule has 8 heteroatoms. The van der Waals surface area contributed by atoms with Crippen molar-refractivity contribution >= 4 is 10.0 Å². The van der Waals surface area contributed by atoms with Gasteiger partial charge in [0.2, 0.25) is 0 Å². The zero-order valence-electron chi connectivity index (χ0n) is 12.4. The van der Waals surface area contributed by atoms with E-state index in [-0.39, 0.29) is 11.6 Å². The predicted molar refractivity (Wildman–Crippen MR) is 74.9 cm³/mol. The quantitative estimate of drug-likeness (QED) is 0.685. The largest absolute Gasteiger partial charge is 0.352 e. The fraction of sp³-hybridized carbons (Fsp3) is 0.750. The molecule has 0 saturated carbocycles. The minimum Gasteiger partial charge on any atom is -0.352 e. The number of ether oxygens (including phenoxy) is 2. The summed E-state index contributed by atoms with van der Waals surface area (Å²) >= 11 is 0. The van der Waals surface area contributed by atoms with E-state index in [9.17, 15) is 8.42 Å². The normalized spacial score (nSPS) is 12.2. The number of hydrogen-bond donors (Lipinski definition) is 1. The van der Waals surface area contributed by atoms with Crippen LogP contribution < -0.4 is 4.72 Å². The molecule has 0 aliphatic carbocycles. The number of imidazole rings is 1. The number of rotatable bonds is 9. The molecular formula is C12H23N3O4S. The Morgan fingerprint density at radius 2 is 1.90 bits per heavy atom. The van der Waals surface area contributed by atoms with Gasteiger partial charge in [-0.05, 0) is 27.7 Å². The van der Waals surface area contributed by atoms with Crippen LogP contribution in [0.5, 0.6) is 0 Å². The molecule has 1 rings (SSSR count). The van der Waals surface area contributed by atoms with Crippen LogP contribution >= 0.6 is 0 Å². The maximum absolute atomic E-state index is 12.1. The Kier molecular flexibility index (Phi) is 6.60. The number of hydrogen-bond acceptors (Lipinski definition) is 5. The minimum atomic E-state index is -3.65. The van der Waals surface area contributed by atoms with Gasteiger partial charge in [-0.3, -0.25) is 0 Å². The summed E-state index contributed by atoms with van der Waals surface area (Å²) in [7, 11) is -3.65. The monoisotopic (exact) mass is 305 g/mol. The van der Waals surface area contributed by atoms with Crippen LogP contribution in [0, 0.1) is 6.92 Å². The summed E-state index contributed by atoms with van der Waals surface area (Å²) in [5, 5.41) is 0.0172. The van der Waals surface area contributed by atoms with E-state index in [4.69, 9.17) is 9.47 Å². The highest BCUT2D eigenvalue weighted by atomic mass is 32.2. The van der Waals surface area contributed by atoms with Crippen molar-refractivity contribution in [3.8, 4) is 0 Å². The summed E-state index contributed by atoms with van der Waals surface area (Å²) in [4.78, 5) is 4.05. The van der Waals surface area contributed by atoms with Crippen molar-refractivity contribution in [2.45, 2.75) is 45.6 Å². The van der Waals surface area contributed by atoms with Gasteiger partial charge in [0.05, 0.1) is 6.54 Å². The lowest BCUT2D eigenvalue weighted by atomic mass is 10.6. The Morgan fingerprint density at radius 3 is 2.35 bits per heavy atom. The van der Waals surface area contributed by atoms with Gasteiger partial charge in [-0.2, -0.15) is 0 Å². The Bertz CT molecular complexity index is 507. The van der Waals surface area contributed by atoms with Gasteiger partial charge < -0.3 is 14.0 Å². The van der Waals surface area contributed by atoms with Gasteiger partial charge in [0, 0.05) is 26.0 Å². The van der Waals surface area contributed by atoms with E-state index in [0.717, 1.165) is 0 Å². The third-order valence-corrected chi connectivity index (χ3v) is 4.01. The molecule has 1 heterocycles. The number of aromatic nitrogens is 2. The lowest BCUT2D eigenvalue weighted by molar-refractivity contribution is -0.130. The average molecular weight is 305 g/mol. The molecule has 0 aliphatic rings. The second-order valence-corrected chi connectivity index (χ2v) is 5.82. The highest BCUT2D eigenvalue weighted by Gasteiger charge is 2.20. The van der Waals surface area contributed by atoms with Gasteiger partial charge in [0.1, 0.15) is 5.82 Å². The van der Waals surface area contributed by atoms with Crippen LogP contribution in [0.25, 0.3) is 0 Å². The van der Waals surface area contributed by atoms with E-state index in [1.165, 1.54) is 6.20 Å². The minimum absolute atomic E-state index is 0.0172. The van der Waals surface area contributed by atoms with E-state index < -0.39 is 16.3 Å². The van der Waals surface area contributed by atoms with Crippen LogP contribution in [0.15, 0.2) is 11.2 Å². The lowest BCUT2D eigenvalue weighted by Gasteiger charge is -2.16. The third kappa shape index (κ3) is 4.55. The topological polar surface area (TPSA) is 82.5 Å². The van der Waals surface area contributed by atoms with E-state index in [1.54, 1.807) is 11.5 Å². The van der Waals surface area contributed by atoms with Crippen LogP contribution in [0.2, 0.25) is 0 Å². The molecule has 0 radical (unpaired) electrons. The highest BCUT2D eigenvalue weighted by molar-refractivity contribution is 7.89. The van der Waals surface area contributed by atoms with Gasteiger partial charge in [-0.25, -0.2) is 18.1 Å². The summed E-state index contributed by atoms with van der Waals surface area (Å²) in [6.07, 6.45) is 0.933. The molecule has 1 aromatic rings. The first-order chi connectivity index (χ1) is 9.44. The van der Waals surface area contributed by atoms with E-state index in [2.05, 4.69) is 9.71 Å². The number of nitrogens with zero attached hydrogens (tertiary/aromatic N) is 2. The smallest absolute Gasteiger partial charge is 0.259 e. The lowest BCUT2D eigenvalue weighted by Crippen LogP contribution is -2.35. The summed E-state index contributed by atoms with van der Waals surface area (Å²) in [5.41, 5.74) is 0. The molecule has 0 saturated heterocycles. The van der Waals surface area contributed by atoms with Crippen LogP contribution in [-0.2, 0) is 26.0 Å². The van der Waals surface area contributed by atoms with E-state index >= 15 is 0 Å². The van der Waals surface area contributed by atoms with Gasteiger partial charge >= 0.3 is 0 Å². The molecule has 7 nitrogen and oxygen atoms in total. The van der Waals surface area contributed by atoms with E-state index in [0.29, 0.717) is 25.6 Å². The average Bonchev–Trinajstić information content (AvgIpc) is 2.79. The number of aryl methyl sites for hydroxylation is 2. The molecule has 0 aliphatic heterocycles. The molecule has 0 fully saturated rings. The second kappa shape index (κ2) is 7.72. The molecule has 0 spiro atoms. The Labute approximate surface area is 120 Å². The highest BCUT2D eigenvalue weighted by Crippen LogP contribution is 2.09. The molecule has 20 heavy (non-hydrogen) atoms. The third-order valence-electron chi connectivity index (χ3n) is 2.72.